The predicted octanol–water partition coefficient (Wildman–Crippen LogP) is 1.87. The summed E-state index contributed by atoms with van der Waals surface area (Å²) in [6.07, 6.45) is 1.66. The highest BCUT2D eigenvalue weighted by Crippen LogP contribution is 2.19. The van der Waals surface area contributed by atoms with Gasteiger partial charge in [0.1, 0.15) is 0 Å². The second-order valence-electron chi connectivity index (χ2n) is 7.33. The molecule has 1 heterocycles. The minimum atomic E-state index is -3.22. The van der Waals surface area contributed by atoms with Crippen LogP contribution in [-0.4, -0.2) is 64.2 Å². The molecule has 0 aromatic heterocycles. The number of carbonyl (C=O) groups excluding carboxylic acids is 1. The number of anilines is 2. The molecule has 0 bridgehead atoms. The van der Waals surface area contributed by atoms with Gasteiger partial charge in [-0.2, -0.15) is 0 Å². The van der Waals surface area contributed by atoms with Crippen molar-refractivity contribution in [3.8, 4) is 0 Å². The van der Waals surface area contributed by atoms with Crippen molar-refractivity contribution >= 4 is 27.3 Å². The topological polar surface area (TPSA) is 81.7 Å². The molecule has 0 aliphatic carbocycles. The molecule has 1 aliphatic rings. The lowest BCUT2D eigenvalue weighted by Gasteiger charge is -2.34. The maximum Gasteiger partial charge on any atom is 0.224 e. The highest BCUT2D eigenvalue weighted by molar-refractivity contribution is 7.90. The lowest BCUT2D eigenvalue weighted by atomic mass is 10.2. The first-order valence-electron chi connectivity index (χ1n) is 9.60. The van der Waals surface area contributed by atoms with Crippen LogP contribution in [-0.2, 0) is 14.8 Å². The smallest absolute Gasteiger partial charge is 0.224 e. The Bertz CT molecular complexity index is 696. The summed E-state index contributed by atoms with van der Waals surface area (Å²) in [5, 5.41) is 2.46. The minimum absolute atomic E-state index is 0.0472. The molecule has 2 N–H and O–H groups in total. The van der Waals surface area contributed by atoms with E-state index in [1.165, 1.54) is 5.69 Å². The van der Waals surface area contributed by atoms with Gasteiger partial charge in [0.15, 0.2) is 0 Å². The molecular weight excluding hydrogens is 364 g/mol. The number of hydrogen-bond acceptors (Lipinski definition) is 5. The summed E-state index contributed by atoms with van der Waals surface area (Å²) in [7, 11) is -1.09. The molecule has 1 aromatic rings. The van der Waals surface area contributed by atoms with Crippen LogP contribution >= 0.6 is 0 Å². The number of nitrogens with one attached hydrogen (secondary N) is 2. The molecular formula is C19H32N4O3S. The first-order chi connectivity index (χ1) is 12.8. The van der Waals surface area contributed by atoms with Gasteiger partial charge in [-0.25, -0.2) is 13.1 Å². The molecule has 1 saturated heterocycles. The summed E-state index contributed by atoms with van der Waals surface area (Å²) in [5.74, 6) is -0.0472. The summed E-state index contributed by atoms with van der Waals surface area (Å²) in [5.41, 5.74) is 1.97. The number of carbonyl (C=O) groups is 1. The van der Waals surface area contributed by atoms with Crippen molar-refractivity contribution in [1.82, 2.24) is 9.62 Å². The largest absolute Gasteiger partial charge is 0.369 e. The number of nitrogens with zero attached hydrogens (tertiary/aromatic N) is 2. The van der Waals surface area contributed by atoms with E-state index in [4.69, 9.17) is 0 Å². The second kappa shape index (κ2) is 10.1. The molecule has 1 aromatic carbocycles. The van der Waals surface area contributed by atoms with Crippen molar-refractivity contribution in [3.63, 3.8) is 0 Å². The minimum Gasteiger partial charge on any atom is -0.369 e. The highest BCUT2D eigenvalue weighted by atomic mass is 32.2. The number of sulfonamides is 1. The summed E-state index contributed by atoms with van der Waals surface area (Å²) in [4.78, 5) is 16.7. The number of benzene rings is 1. The van der Waals surface area contributed by atoms with Gasteiger partial charge in [0.2, 0.25) is 15.9 Å². The van der Waals surface area contributed by atoms with Gasteiger partial charge >= 0.3 is 0 Å². The fourth-order valence-corrected chi connectivity index (χ4v) is 3.60. The Morgan fingerprint density at radius 1 is 1.07 bits per heavy atom. The zero-order valence-electron chi connectivity index (χ0n) is 16.6. The highest BCUT2D eigenvalue weighted by Gasteiger charge is 2.15. The van der Waals surface area contributed by atoms with Gasteiger partial charge in [0, 0.05) is 50.5 Å². The maximum absolute atomic E-state index is 12.0. The Balaban J connectivity index is 1.68. The molecule has 0 radical (unpaired) electrons. The lowest BCUT2D eigenvalue weighted by molar-refractivity contribution is -0.116. The molecule has 152 valence electrons. The Morgan fingerprint density at radius 2 is 1.70 bits per heavy atom. The van der Waals surface area contributed by atoms with Crippen LogP contribution < -0.4 is 14.9 Å². The summed E-state index contributed by atoms with van der Waals surface area (Å²) in [6, 6.07) is 7.95. The predicted molar refractivity (Wildman–Crippen MR) is 111 cm³/mol. The van der Waals surface area contributed by atoms with Crippen LogP contribution in [0.25, 0.3) is 0 Å². The van der Waals surface area contributed by atoms with Gasteiger partial charge in [-0.15, -0.1) is 0 Å². The van der Waals surface area contributed by atoms with Gasteiger partial charge in [0.05, 0.1) is 5.25 Å². The van der Waals surface area contributed by atoms with E-state index in [9.17, 15) is 13.2 Å². The quantitative estimate of drug-likeness (QED) is 0.623. The van der Waals surface area contributed by atoms with Crippen LogP contribution in [0.1, 0.15) is 33.1 Å². The van der Waals surface area contributed by atoms with Crippen molar-refractivity contribution in [2.75, 3.05) is 50.0 Å². The van der Waals surface area contributed by atoms with Crippen LogP contribution in [0.5, 0.6) is 0 Å². The molecule has 1 aliphatic heterocycles. The van der Waals surface area contributed by atoms with E-state index >= 15 is 0 Å². The van der Waals surface area contributed by atoms with Crippen molar-refractivity contribution in [2.45, 2.75) is 38.4 Å². The first kappa shape index (κ1) is 21.7. The van der Waals surface area contributed by atoms with E-state index in [-0.39, 0.29) is 5.91 Å². The molecule has 0 spiro atoms. The van der Waals surface area contributed by atoms with Gasteiger partial charge < -0.3 is 15.1 Å². The molecule has 7 nitrogen and oxygen atoms in total. The van der Waals surface area contributed by atoms with E-state index in [2.05, 4.69) is 26.9 Å². The Hall–Kier alpha value is -1.64. The third-order valence-corrected chi connectivity index (χ3v) is 6.62. The number of unbranched alkanes of at least 4 members (excludes halogenated alkanes) is 1. The standard InChI is InChI=1S/C19H32N4O3S/c1-16(2)27(25,26)20-11-5-4-6-19(24)21-17-7-9-18(10-8-17)23-14-12-22(3)13-15-23/h7-10,16,20H,4-6,11-15H2,1-3H3,(H,21,24). The van der Waals surface area contributed by atoms with Crippen molar-refractivity contribution < 1.29 is 13.2 Å². The summed E-state index contributed by atoms with van der Waals surface area (Å²) in [6.45, 7) is 7.81. The normalized spacial score (nSPS) is 15.9. The molecule has 8 heteroatoms. The average molecular weight is 397 g/mol. The third kappa shape index (κ3) is 7.12. The van der Waals surface area contributed by atoms with Crippen LogP contribution in [0.4, 0.5) is 11.4 Å². The van der Waals surface area contributed by atoms with E-state index in [1.54, 1.807) is 13.8 Å². The van der Waals surface area contributed by atoms with Crippen LogP contribution in [0, 0.1) is 0 Å². The van der Waals surface area contributed by atoms with Crippen LogP contribution in [0.3, 0.4) is 0 Å². The van der Waals surface area contributed by atoms with Gasteiger partial charge in [-0.05, 0) is 58.0 Å². The van der Waals surface area contributed by atoms with E-state index in [0.29, 0.717) is 25.8 Å². The fourth-order valence-electron chi connectivity index (χ4n) is 2.84. The van der Waals surface area contributed by atoms with Crippen molar-refractivity contribution in [3.05, 3.63) is 24.3 Å². The van der Waals surface area contributed by atoms with Gasteiger partial charge in [-0.1, -0.05) is 0 Å². The molecule has 0 unspecified atom stereocenters. The molecule has 1 amide bonds. The van der Waals surface area contributed by atoms with Crippen molar-refractivity contribution in [1.29, 1.82) is 0 Å². The zero-order valence-corrected chi connectivity index (χ0v) is 17.4. The lowest BCUT2D eigenvalue weighted by Crippen LogP contribution is -2.44. The van der Waals surface area contributed by atoms with E-state index in [0.717, 1.165) is 31.9 Å². The molecule has 2 rings (SSSR count). The maximum atomic E-state index is 12.0. The molecule has 1 fully saturated rings. The number of rotatable bonds is 9. The average Bonchev–Trinajstić information content (AvgIpc) is 2.62. The van der Waals surface area contributed by atoms with Crippen LogP contribution in [0.15, 0.2) is 24.3 Å². The fraction of sp³-hybridized carbons (Fsp3) is 0.632. The SMILES string of the molecule is CC(C)S(=O)(=O)NCCCCC(=O)Nc1ccc(N2CCN(C)CC2)cc1. The number of piperazine rings is 1. The Kier molecular flexibility index (Phi) is 8.07. The Morgan fingerprint density at radius 3 is 2.30 bits per heavy atom. The van der Waals surface area contributed by atoms with E-state index < -0.39 is 15.3 Å². The zero-order chi connectivity index (χ0) is 19.9. The molecule has 27 heavy (non-hydrogen) atoms. The summed E-state index contributed by atoms with van der Waals surface area (Å²) < 4.78 is 25.8. The number of amides is 1. The second-order valence-corrected chi connectivity index (χ2v) is 9.65. The molecule has 0 atom stereocenters. The van der Waals surface area contributed by atoms with Crippen molar-refractivity contribution in [2.24, 2.45) is 0 Å². The van der Waals surface area contributed by atoms with Gasteiger partial charge in [-0.3, -0.25) is 4.79 Å². The third-order valence-electron chi connectivity index (χ3n) is 4.77. The monoisotopic (exact) mass is 396 g/mol. The first-order valence-corrected chi connectivity index (χ1v) is 11.1. The molecule has 0 saturated carbocycles. The van der Waals surface area contributed by atoms with Gasteiger partial charge in [0.25, 0.3) is 0 Å². The summed E-state index contributed by atoms with van der Waals surface area (Å²) >= 11 is 0. The Labute approximate surface area is 163 Å². The van der Waals surface area contributed by atoms with Crippen LogP contribution in [0.2, 0.25) is 0 Å². The number of hydrogen-bond donors (Lipinski definition) is 2. The van der Waals surface area contributed by atoms with E-state index in [1.807, 2.05) is 24.3 Å². The number of likely N-dealkylation sites (N-methyl/N-ethyl adjacent to an activating group) is 1.